The maximum atomic E-state index is 11.3. The number of carbonyl (C=O) groups excluding carboxylic acids is 1. The van der Waals surface area contributed by atoms with Crippen LogP contribution in [0.2, 0.25) is 0 Å². The highest BCUT2D eigenvalue weighted by Crippen LogP contribution is 2.21. The third kappa shape index (κ3) is 6.91. The lowest BCUT2D eigenvalue weighted by molar-refractivity contribution is -0.116. The van der Waals surface area contributed by atoms with E-state index in [2.05, 4.69) is 18.8 Å². The lowest BCUT2D eigenvalue weighted by atomic mass is 9.86. The first-order chi connectivity index (χ1) is 10.6. The zero-order valence-corrected chi connectivity index (χ0v) is 13.8. The molecule has 0 aliphatic heterocycles. The van der Waals surface area contributed by atoms with E-state index in [0.29, 0.717) is 6.42 Å². The fourth-order valence-electron chi connectivity index (χ4n) is 2.44. The highest BCUT2D eigenvalue weighted by atomic mass is 16.3. The highest BCUT2D eigenvalue weighted by molar-refractivity contribution is 5.57. The summed E-state index contributed by atoms with van der Waals surface area (Å²) in [4.78, 5) is 11.3. The van der Waals surface area contributed by atoms with Gasteiger partial charge in [0.05, 0.1) is 5.92 Å². The molecular formula is C20H28O2. The van der Waals surface area contributed by atoms with Gasteiger partial charge in [-0.3, -0.25) is 0 Å². The number of carbonyl (C=O) groups is 1. The number of hydrogen-bond donors (Lipinski definition) is 1. The van der Waals surface area contributed by atoms with E-state index in [0.717, 1.165) is 24.7 Å². The van der Waals surface area contributed by atoms with Crippen molar-refractivity contribution in [2.24, 2.45) is 5.92 Å². The topological polar surface area (TPSA) is 37.3 Å². The normalized spacial score (nSPS) is 14.5. The van der Waals surface area contributed by atoms with Gasteiger partial charge >= 0.3 is 0 Å². The minimum Gasteiger partial charge on any atom is -0.377 e. The zero-order valence-electron chi connectivity index (χ0n) is 13.8. The Bertz CT molecular complexity index is 479. The molecule has 1 aromatic rings. The van der Waals surface area contributed by atoms with Crippen molar-refractivity contribution >= 4 is 6.29 Å². The van der Waals surface area contributed by atoms with Crippen LogP contribution in [0.5, 0.6) is 0 Å². The second-order valence-corrected chi connectivity index (χ2v) is 6.06. The van der Waals surface area contributed by atoms with Gasteiger partial charge in [0.1, 0.15) is 11.9 Å². The standard InChI is InChI=1S/C20H28O2/c1-3-4-5-6-7-11-14-19(17-21)20(2,22)16-15-18-12-9-8-10-13-18/h8-10,12-13,17,19,22H,3-7,11,14H2,1-2H3. The molecule has 0 spiro atoms. The second-order valence-electron chi connectivity index (χ2n) is 6.06. The van der Waals surface area contributed by atoms with E-state index in [1.807, 2.05) is 30.3 Å². The van der Waals surface area contributed by atoms with Crippen molar-refractivity contribution < 1.29 is 9.90 Å². The van der Waals surface area contributed by atoms with Crippen LogP contribution in [0.4, 0.5) is 0 Å². The van der Waals surface area contributed by atoms with Crippen molar-refractivity contribution in [2.45, 2.75) is 64.4 Å². The SMILES string of the molecule is CCCCCCCCC(C=O)C(C)(O)C#Cc1ccccc1. The quantitative estimate of drug-likeness (QED) is 0.418. The van der Waals surface area contributed by atoms with Crippen LogP contribution in [0.3, 0.4) is 0 Å². The first kappa shape index (κ1) is 18.5. The maximum absolute atomic E-state index is 11.3. The predicted octanol–water partition coefficient (Wildman–Crippen LogP) is 4.35. The number of aldehydes is 1. The van der Waals surface area contributed by atoms with Gasteiger partial charge in [0.2, 0.25) is 0 Å². The molecule has 0 heterocycles. The minimum atomic E-state index is -1.26. The van der Waals surface area contributed by atoms with E-state index in [-0.39, 0.29) is 0 Å². The van der Waals surface area contributed by atoms with Gasteiger partial charge in [-0.1, -0.05) is 75.5 Å². The number of hydrogen-bond acceptors (Lipinski definition) is 2. The van der Waals surface area contributed by atoms with Crippen LogP contribution in [-0.4, -0.2) is 17.0 Å². The van der Waals surface area contributed by atoms with Gasteiger partial charge in [-0.2, -0.15) is 0 Å². The Morgan fingerprint density at radius 3 is 2.41 bits per heavy atom. The summed E-state index contributed by atoms with van der Waals surface area (Å²) in [6.45, 7) is 3.84. The first-order valence-electron chi connectivity index (χ1n) is 8.36. The molecule has 1 N–H and O–H groups in total. The molecule has 0 bridgehead atoms. The van der Waals surface area contributed by atoms with E-state index in [1.54, 1.807) is 6.92 Å². The predicted molar refractivity (Wildman–Crippen MR) is 91.5 cm³/mol. The van der Waals surface area contributed by atoms with Gasteiger partial charge in [-0.25, -0.2) is 0 Å². The summed E-state index contributed by atoms with van der Waals surface area (Å²) in [7, 11) is 0. The molecule has 22 heavy (non-hydrogen) atoms. The molecule has 0 amide bonds. The smallest absolute Gasteiger partial charge is 0.132 e. The van der Waals surface area contributed by atoms with Gasteiger partial charge in [0.25, 0.3) is 0 Å². The Labute approximate surface area is 134 Å². The van der Waals surface area contributed by atoms with Crippen molar-refractivity contribution in [3.05, 3.63) is 35.9 Å². The van der Waals surface area contributed by atoms with Crippen molar-refractivity contribution in [3.63, 3.8) is 0 Å². The fraction of sp³-hybridized carbons (Fsp3) is 0.550. The molecule has 0 radical (unpaired) electrons. The Hall–Kier alpha value is -1.59. The monoisotopic (exact) mass is 300 g/mol. The highest BCUT2D eigenvalue weighted by Gasteiger charge is 2.29. The van der Waals surface area contributed by atoms with Gasteiger partial charge in [0, 0.05) is 5.56 Å². The molecule has 0 fully saturated rings. The Kier molecular flexibility index (Phi) is 8.55. The fourth-order valence-corrected chi connectivity index (χ4v) is 2.44. The average Bonchev–Trinajstić information content (AvgIpc) is 2.53. The summed E-state index contributed by atoms with van der Waals surface area (Å²) in [5, 5.41) is 10.5. The molecular weight excluding hydrogens is 272 g/mol. The average molecular weight is 300 g/mol. The van der Waals surface area contributed by atoms with E-state index in [9.17, 15) is 9.90 Å². The van der Waals surface area contributed by atoms with Gasteiger partial charge < -0.3 is 9.90 Å². The van der Waals surface area contributed by atoms with Crippen LogP contribution in [0, 0.1) is 17.8 Å². The zero-order chi connectivity index (χ0) is 16.3. The summed E-state index contributed by atoms with van der Waals surface area (Å²) < 4.78 is 0. The largest absolute Gasteiger partial charge is 0.377 e. The van der Waals surface area contributed by atoms with Crippen molar-refractivity contribution in [2.75, 3.05) is 0 Å². The third-order valence-corrected chi connectivity index (χ3v) is 3.99. The molecule has 2 heteroatoms. The molecule has 2 atom stereocenters. The second kappa shape index (κ2) is 10.2. The molecule has 1 aromatic carbocycles. The van der Waals surface area contributed by atoms with Crippen molar-refractivity contribution in [1.82, 2.24) is 0 Å². The van der Waals surface area contributed by atoms with Crippen LogP contribution in [0.25, 0.3) is 0 Å². The molecule has 1 rings (SSSR count). The van der Waals surface area contributed by atoms with Crippen LogP contribution >= 0.6 is 0 Å². The lowest BCUT2D eigenvalue weighted by Gasteiger charge is -2.23. The number of rotatable bonds is 9. The third-order valence-electron chi connectivity index (χ3n) is 3.99. The number of aliphatic hydroxyl groups is 1. The van der Waals surface area contributed by atoms with Crippen LogP contribution in [0.1, 0.15) is 64.4 Å². The van der Waals surface area contributed by atoms with E-state index >= 15 is 0 Å². The van der Waals surface area contributed by atoms with Crippen molar-refractivity contribution in [1.29, 1.82) is 0 Å². The van der Waals surface area contributed by atoms with Crippen LogP contribution in [-0.2, 0) is 4.79 Å². The summed E-state index contributed by atoms with van der Waals surface area (Å²) in [5.41, 5.74) is -0.409. The summed E-state index contributed by atoms with van der Waals surface area (Å²) >= 11 is 0. The minimum absolute atomic E-state index is 0.421. The molecule has 0 aliphatic carbocycles. The van der Waals surface area contributed by atoms with Crippen LogP contribution < -0.4 is 0 Å². The van der Waals surface area contributed by atoms with Gasteiger partial charge in [-0.05, 0) is 25.5 Å². The maximum Gasteiger partial charge on any atom is 0.132 e. The van der Waals surface area contributed by atoms with E-state index in [4.69, 9.17) is 0 Å². The molecule has 2 nitrogen and oxygen atoms in total. The van der Waals surface area contributed by atoms with Gasteiger partial charge in [0.15, 0.2) is 0 Å². The lowest BCUT2D eigenvalue weighted by Crippen LogP contribution is -2.34. The first-order valence-corrected chi connectivity index (χ1v) is 8.36. The molecule has 0 saturated heterocycles. The van der Waals surface area contributed by atoms with E-state index < -0.39 is 11.5 Å². The summed E-state index contributed by atoms with van der Waals surface area (Å²) in [5.74, 6) is 5.40. The Morgan fingerprint density at radius 1 is 1.14 bits per heavy atom. The molecule has 120 valence electrons. The number of unbranched alkanes of at least 4 members (excludes halogenated alkanes) is 5. The molecule has 2 unspecified atom stereocenters. The van der Waals surface area contributed by atoms with Crippen molar-refractivity contribution in [3.8, 4) is 11.8 Å². The Balaban J connectivity index is 2.50. The van der Waals surface area contributed by atoms with Gasteiger partial charge in [-0.15, -0.1) is 0 Å². The van der Waals surface area contributed by atoms with E-state index in [1.165, 1.54) is 25.7 Å². The molecule has 0 aromatic heterocycles. The summed E-state index contributed by atoms with van der Waals surface area (Å²) in [6, 6.07) is 9.54. The van der Waals surface area contributed by atoms with Crippen LogP contribution in [0.15, 0.2) is 30.3 Å². The Morgan fingerprint density at radius 2 is 1.77 bits per heavy atom. The molecule has 0 aliphatic rings. The number of benzene rings is 1. The molecule has 0 saturated carbocycles. The summed E-state index contributed by atoms with van der Waals surface area (Å²) in [6.07, 6.45) is 8.61.